The number of nitrogens with one attached hydrogen (secondary N) is 2. The second-order valence-corrected chi connectivity index (χ2v) is 5.01. The highest BCUT2D eigenvalue weighted by molar-refractivity contribution is 6.03. The lowest BCUT2D eigenvalue weighted by molar-refractivity contribution is 0.102. The summed E-state index contributed by atoms with van der Waals surface area (Å²) in [5.74, 6) is -2.86. The number of amides is 1. The number of carbonyl (C=O) groups is 1. The Bertz CT molecular complexity index is 933. The van der Waals surface area contributed by atoms with Gasteiger partial charge in [-0.25, -0.2) is 23.1 Å². The molecule has 0 bridgehead atoms. The molecule has 126 valence electrons. The molecule has 0 radical (unpaired) electrons. The SMILES string of the molecule is O=C(Nc1ccc(F)c(F)c1)c1cc(Nc2cccc(F)c2)ncn1. The van der Waals surface area contributed by atoms with E-state index in [0.717, 1.165) is 18.5 Å². The Balaban J connectivity index is 1.76. The lowest BCUT2D eigenvalue weighted by Gasteiger charge is -2.08. The Morgan fingerprint density at radius 2 is 1.72 bits per heavy atom. The van der Waals surface area contributed by atoms with Crippen LogP contribution in [0.5, 0.6) is 0 Å². The van der Waals surface area contributed by atoms with Gasteiger partial charge < -0.3 is 10.6 Å². The highest BCUT2D eigenvalue weighted by atomic mass is 19.2. The molecular weight excluding hydrogens is 333 g/mol. The summed E-state index contributed by atoms with van der Waals surface area (Å²) in [6.45, 7) is 0. The highest BCUT2D eigenvalue weighted by Gasteiger charge is 2.11. The van der Waals surface area contributed by atoms with Crippen molar-refractivity contribution in [2.75, 3.05) is 10.6 Å². The number of rotatable bonds is 4. The number of aromatic nitrogens is 2. The summed E-state index contributed by atoms with van der Waals surface area (Å²) in [7, 11) is 0. The van der Waals surface area contributed by atoms with Gasteiger partial charge in [-0.05, 0) is 30.3 Å². The van der Waals surface area contributed by atoms with E-state index in [9.17, 15) is 18.0 Å². The summed E-state index contributed by atoms with van der Waals surface area (Å²) in [4.78, 5) is 19.9. The smallest absolute Gasteiger partial charge is 0.274 e. The van der Waals surface area contributed by atoms with Gasteiger partial charge in [0.25, 0.3) is 5.91 Å². The van der Waals surface area contributed by atoms with Gasteiger partial charge in [0.05, 0.1) is 0 Å². The van der Waals surface area contributed by atoms with Crippen LogP contribution in [-0.2, 0) is 0 Å². The molecule has 3 aromatic rings. The van der Waals surface area contributed by atoms with Gasteiger partial charge in [0.1, 0.15) is 23.7 Å². The van der Waals surface area contributed by atoms with Crippen molar-refractivity contribution in [1.82, 2.24) is 9.97 Å². The van der Waals surface area contributed by atoms with Crippen LogP contribution in [0.2, 0.25) is 0 Å². The molecule has 0 atom stereocenters. The van der Waals surface area contributed by atoms with E-state index in [0.29, 0.717) is 5.69 Å². The van der Waals surface area contributed by atoms with E-state index >= 15 is 0 Å². The van der Waals surface area contributed by atoms with Gasteiger partial charge in [-0.15, -0.1) is 0 Å². The lowest BCUT2D eigenvalue weighted by Crippen LogP contribution is -2.14. The molecule has 0 spiro atoms. The average molecular weight is 344 g/mol. The summed E-state index contributed by atoms with van der Waals surface area (Å²) in [6.07, 6.45) is 1.15. The van der Waals surface area contributed by atoms with Crippen molar-refractivity contribution < 1.29 is 18.0 Å². The molecule has 0 saturated heterocycles. The minimum Gasteiger partial charge on any atom is -0.340 e. The summed E-state index contributed by atoms with van der Waals surface area (Å²) in [5, 5.41) is 5.24. The van der Waals surface area contributed by atoms with Crippen LogP contribution in [0.3, 0.4) is 0 Å². The fourth-order valence-corrected chi connectivity index (χ4v) is 2.03. The monoisotopic (exact) mass is 344 g/mol. The average Bonchev–Trinajstić information content (AvgIpc) is 2.58. The maximum Gasteiger partial charge on any atom is 0.274 e. The number of hydrogen-bond acceptors (Lipinski definition) is 4. The van der Waals surface area contributed by atoms with Gasteiger partial charge in [-0.1, -0.05) is 6.07 Å². The summed E-state index contributed by atoms with van der Waals surface area (Å²) >= 11 is 0. The molecule has 5 nitrogen and oxygen atoms in total. The van der Waals surface area contributed by atoms with Crippen molar-refractivity contribution in [3.8, 4) is 0 Å². The van der Waals surface area contributed by atoms with Crippen LogP contribution >= 0.6 is 0 Å². The Kier molecular flexibility index (Phi) is 4.60. The third kappa shape index (κ3) is 4.11. The van der Waals surface area contributed by atoms with E-state index in [1.54, 1.807) is 6.07 Å². The zero-order valence-corrected chi connectivity index (χ0v) is 12.6. The molecule has 0 aliphatic heterocycles. The second kappa shape index (κ2) is 7.00. The molecule has 0 aliphatic carbocycles. The van der Waals surface area contributed by atoms with Gasteiger partial charge in [0.15, 0.2) is 11.6 Å². The Hall–Kier alpha value is -3.42. The molecule has 0 aliphatic rings. The molecule has 1 aromatic heterocycles. The van der Waals surface area contributed by atoms with Crippen molar-refractivity contribution in [3.05, 3.63) is 78.0 Å². The van der Waals surface area contributed by atoms with Crippen LogP contribution in [0, 0.1) is 17.5 Å². The Morgan fingerprint density at radius 1 is 0.880 bits per heavy atom. The van der Waals surface area contributed by atoms with E-state index in [1.807, 2.05) is 0 Å². The summed E-state index contributed by atoms with van der Waals surface area (Å²) < 4.78 is 39.3. The van der Waals surface area contributed by atoms with Crippen molar-refractivity contribution in [2.24, 2.45) is 0 Å². The van der Waals surface area contributed by atoms with Crippen LogP contribution in [0.1, 0.15) is 10.5 Å². The van der Waals surface area contributed by atoms with Crippen molar-refractivity contribution in [2.45, 2.75) is 0 Å². The largest absolute Gasteiger partial charge is 0.340 e. The van der Waals surface area contributed by atoms with E-state index in [4.69, 9.17) is 0 Å². The summed E-state index contributed by atoms with van der Waals surface area (Å²) in [6, 6.07) is 10.1. The third-order valence-corrected chi connectivity index (χ3v) is 3.17. The fourth-order valence-electron chi connectivity index (χ4n) is 2.03. The molecule has 2 aromatic carbocycles. The van der Waals surface area contributed by atoms with Crippen LogP contribution in [-0.4, -0.2) is 15.9 Å². The van der Waals surface area contributed by atoms with Gasteiger partial charge >= 0.3 is 0 Å². The fraction of sp³-hybridized carbons (Fsp3) is 0. The molecule has 25 heavy (non-hydrogen) atoms. The van der Waals surface area contributed by atoms with Crippen LogP contribution in [0.25, 0.3) is 0 Å². The van der Waals surface area contributed by atoms with E-state index in [2.05, 4.69) is 20.6 Å². The number of carbonyl (C=O) groups excluding carboxylic acids is 1. The topological polar surface area (TPSA) is 66.9 Å². The third-order valence-electron chi connectivity index (χ3n) is 3.17. The van der Waals surface area contributed by atoms with Gasteiger partial charge in [-0.2, -0.15) is 0 Å². The highest BCUT2D eigenvalue weighted by Crippen LogP contribution is 2.17. The first-order chi connectivity index (χ1) is 12.0. The van der Waals surface area contributed by atoms with Crippen molar-refractivity contribution >= 4 is 23.1 Å². The van der Waals surface area contributed by atoms with E-state index < -0.39 is 23.4 Å². The quantitative estimate of drug-likeness (QED) is 0.753. The van der Waals surface area contributed by atoms with Gasteiger partial charge in [0, 0.05) is 23.5 Å². The number of nitrogens with zero attached hydrogens (tertiary/aromatic N) is 2. The number of anilines is 3. The first-order valence-electron chi connectivity index (χ1n) is 7.12. The van der Waals surface area contributed by atoms with E-state index in [1.165, 1.54) is 30.3 Å². The predicted octanol–water partition coefficient (Wildman–Crippen LogP) is 3.89. The molecule has 2 N–H and O–H groups in total. The summed E-state index contributed by atoms with van der Waals surface area (Å²) in [5.41, 5.74) is 0.534. The van der Waals surface area contributed by atoms with Crippen molar-refractivity contribution in [3.63, 3.8) is 0 Å². The molecular formula is C17H11F3N4O. The lowest BCUT2D eigenvalue weighted by atomic mass is 10.2. The van der Waals surface area contributed by atoms with Crippen LogP contribution in [0.4, 0.5) is 30.4 Å². The van der Waals surface area contributed by atoms with Gasteiger partial charge in [-0.3, -0.25) is 4.79 Å². The van der Waals surface area contributed by atoms with Crippen LogP contribution in [0.15, 0.2) is 54.9 Å². The zero-order valence-electron chi connectivity index (χ0n) is 12.6. The van der Waals surface area contributed by atoms with E-state index in [-0.39, 0.29) is 17.2 Å². The Labute approximate surface area is 140 Å². The molecule has 1 amide bonds. The predicted molar refractivity (Wildman–Crippen MR) is 86.0 cm³/mol. The first-order valence-corrected chi connectivity index (χ1v) is 7.12. The Morgan fingerprint density at radius 3 is 2.48 bits per heavy atom. The number of hydrogen-bond donors (Lipinski definition) is 2. The second-order valence-electron chi connectivity index (χ2n) is 5.01. The maximum atomic E-state index is 13.2. The molecule has 8 heteroatoms. The number of benzene rings is 2. The first kappa shape index (κ1) is 16.4. The minimum absolute atomic E-state index is 0.00126. The molecule has 0 fully saturated rings. The number of halogens is 3. The minimum atomic E-state index is -1.08. The normalized spacial score (nSPS) is 10.4. The molecule has 1 heterocycles. The van der Waals surface area contributed by atoms with Gasteiger partial charge in [0.2, 0.25) is 0 Å². The maximum absolute atomic E-state index is 13.2. The zero-order chi connectivity index (χ0) is 17.8. The standard InChI is InChI=1S/C17H11F3N4O/c18-10-2-1-3-11(6-10)23-16-8-15(21-9-22-16)17(25)24-12-4-5-13(19)14(20)7-12/h1-9H,(H,24,25)(H,21,22,23). The molecule has 0 unspecified atom stereocenters. The molecule has 3 rings (SSSR count). The van der Waals surface area contributed by atoms with Crippen LogP contribution < -0.4 is 10.6 Å². The van der Waals surface area contributed by atoms with Crippen molar-refractivity contribution in [1.29, 1.82) is 0 Å². The molecule has 0 saturated carbocycles.